The number of carbonyl (C=O) groups excluding carboxylic acids is 1. The molecule has 1 spiro atoms. The first-order chi connectivity index (χ1) is 13.5. The standard InChI is InChI=1S/C19H16FN5O3/c20-14-3-2-12(24-17(26)15-4-1-11(7-21)8-23-15)5-13(14)16-6-19(9-27-10-19)28-18(22)25-16/h1-5,8,16H,6,9-10H2,(H2,22,25)(H,24,26)/t16-/m0/s1. The average molecular weight is 381 g/mol. The van der Waals surface area contributed by atoms with Crippen LogP contribution >= 0.6 is 0 Å². The van der Waals surface area contributed by atoms with Crippen LogP contribution in [0.15, 0.2) is 41.5 Å². The molecular weight excluding hydrogens is 365 g/mol. The quantitative estimate of drug-likeness (QED) is 0.837. The molecule has 0 radical (unpaired) electrons. The number of hydrogen-bond donors (Lipinski definition) is 2. The van der Waals surface area contributed by atoms with Gasteiger partial charge < -0.3 is 20.5 Å². The summed E-state index contributed by atoms with van der Waals surface area (Å²) in [6.07, 6.45) is 1.74. The normalized spacial score (nSPS) is 19.7. The van der Waals surface area contributed by atoms with E-state index in [0.29, 0.717) is 36.4 Å². The Kier molecular flexibility index (Phi) is 4.41. The van der Waals surface area contributed by atoms with Crippen LogP contribution in [-0.4, -0.2) is 35.7 Å². The predicted molar refractivity (Wildman–Crippen MR) is 96.9 cm³/mol. The third-order valence-corrected chi connectivity index (χ3v) is 4.64. The second-order valence-corrected chi connectivity index (χ2v) is 6.70. The van der Waals surface area contributed by atoms with Crippen LogP contribution in [0.2, 0.25) is 0 Å². The molecule has 0 aliphatic carbocycles. The molecule has 8 nitrogen and oxygen atoms in total. The van der Waals surface area contributed by atoms with E-state index in [0.717, 1.165) is 0 Å². The summed E-state index contributed by atoms with van der Waals surface area (Å²) < 4.78 is 25.2. The fourth-order valence-corrected chi connectivity index (χ4v) is 3.19. The second-order valence-electron chi connectivity index (χ2n) is 6.70. The number of carbonyl (C=O) groups is 1. The molecule has 28 heavy (non-hydrogen) atoms. The van der Waals surface area contributed by atoms with Crippen LogP contribution in [0.5, 0.6) is 0 Å². The highest BCUT2D eigenvalue weighted by Crippen LogP contribution is 2.39. The van der Waals surface area contributed by atoms with Crippen molar-refractivity contribution in [3.05, 3.63) is 59.2 Å². The first kappa shape index (κ1) is 17.9. The lowest BCUT2D eigenvalue weighted by Gasteiger charge is -2.44. The molecule has 142 valence electrons. The lowest BCUT2D eigenvalue weighted by molar-refractivity contribution is -0.180. The second kappa shape index (κ2) is 6.90. The number of amides is 1. The molecular formula is C19H16FN5O3. The lowest BCUT2D eigenvalue weighted by atomic mass is 9.88. The van der Waals surface area contributed by atoms with Gasteiger partial charge in [-0.05, 0) is 30.3 Å². The molecule has 1 aromatic carbocycles. The Bertz CT molecular complexity index is 996. The van der Waals surface area contributed by atoms with E-state index in [4.69, 9.17) is 20.5 Å². The summed E-state index contributed by atoms with van der Waals surface area (Å²) in [6, 6.07) is 8.58. The molecule has 1 saturated heterocycles. The summed E-state index contributed by atoms with van der Waals surface area (Å²) in [6.45, 7) is 0.754. The van der Waals surface area contributed by atoms with Crippen molar-refractivity contribution in [1.82, 2.24) is 4.98 Å². The largest absolute Gasteiger partial charge is 0.454 e. The molecule has 0 bridgehead atoms. The molecule has 9 heteroatoms. The highest BCUT2D eigenvalue weighted by molar-refractivity contribution is 6.02. The van der Waals surface area contributed by atoms with Gasteiger partial charge in [-0.25, -0.2) is 14.4 Å². The first-order valence-corrected chi connectivity index (χ1v) is 8.55. The lowest BCUT2D eigenvalue weighted by Crippen LogP contribution is -2.56. The van der Waals surface area contributed by atoms with Crippen LogP contribution in [0, 0.1) is 17.1 Å². The van der Waals surface area contributed by atoms with Gasteiger partial charge in [0.05, 0.1) is 24.8 Å². The molecule has 4 rings (SSSR count). The van der Waals surface area contributed by atoms with Crippen molar-refractivity contribution >= 4 is 17.6 Å². The van der Waals surface area contributed by atoms with Crippen molar-refractivity contribution in [3.8, 4) is 6.07 Å². The summed E-state index contributed by atoms with van der Waals surface area (Å²) in [7, 11) is 0. The maximum absolute atomic E-state index is 14.5. The fraction of sp³-hybridized carbons (Fsp3) is 0.263. The van der Waals surface area contributed by atoms with Gasteiger partial charge in [0.15, 0.2) is 5.60 Å². The van der Waals surface area contributed by atoms with Gasteiger partial charge in [-0.1, -0.05) is 0 Å². The molecule has 0 unspecified atom stereocenters. The highest BCUT2D eigenvalue weighted by atomic mass is 19.1. The molecule has 1 aromatic heterocycles. The maximum Gasteiger partial charge on any atom is 0.283 e. The number of amidine groups is 1. The molecule has 1 amide bonds. The monoisotopic (exact) mass is 381 g/mol. The van der Waals surface area contributed by atoms with Crippen LogP contribution in [0.25, 0.3) is 0 Å². The number of nitrogens with one attached hydrogen (secondary N) is 1. The van der Waals surface area contributed by atoms with E-state index >= 15 is 0 Å². The number of nitrogens with zero attached hydrogens (tertiary/aromatic N) is 3. The zero-order valence-electron chi connectivity index (χ0n) is 14.7. The summed E-state index contributed by atoms with van der Waals surface area (Å²) in [5.41, 5.74) is 6.39. The minimum absolute atomic E-state index is 0.00447. The number of benzene rings is 1. The van der Waals surface area contributed by atoms with Gasteiger partial charge in [-0.3, -0.25) is 4.79 Å². The van der Waals surface area contributed by atoms with E-state index in [1.807, 2.05) is 6.07 Å². The fourth-order valence-electron chi connectivity index (χ4n) is 3.19. The van der Waals surface area contributed by atoms with E-state index in [9.17, 15) is 9.18 Å². The third-order valence-electron chi connectivity index (χ3n) is 4.64. The zero-order valence-corrected chi connectivity index (χ0v) is 14.7. The van der Waals surface area contributed by atoms with Crippen molar-refractivity contribution in [1.29, 1.82) is 5.26 Å². The van der Waals surface area contributed by atoms with Gasteiger partial charge in [0.2, 0.25) is 0 Å². The van der Waals surface area contributed by atoms with Crippen molar-refractivity contribution < 1.29 is 18.7 Å². The van der Waals surface area contributed by atoms with Crippen molar-refractivity contribution in [3.63, 3.8) is 0 Å². The van der Waals surface area contributed by atoms with Gasteiger partial charge >= 0.3 is 0 Å². The smallest absolute Gasteiger partial charge is 0.283 e. The predicted octanol–water partition coefficient (Wildman–Crippen LogP) is 1.89. The van der Waals surface area contributed by atoms with E-state index in [-0.39, 0.29) is 11.7 Å². The number of ether oxygens (including phenoxy) is 2. The number of nitriles is 1. The number of pyridine rings is 1. The van der Waals surface area contributed by atoms with Gasteiger partial charge in [0, 0.05) is 23.9 Å². The highest BCUT2D eigenvalue weighted by Gasteiger charge is 2.46. The van der Waals surface area contributed by atoms with Crippen LogP contribution in [0.4, 0.5) is 10.1 Å². The maximum atomic E-state index is 14.5. The van der Waals surface area contributed by atoms with Crippen molar-refractivity contribution in [2.24, 2.45) is 10.7 Å². The molecule has 2 aromatic rings. The number of aromatic nitrogens is 1. The Balaban J connectivity index is 1.56. The van der Waals surface area contributed by atoms with Gasteiger partial charge in [-0.15, -0.1) is 0 Å². The molecule has 2 aliphatic heterocycles. The van der Waals surface area contributed by atoms with Crippen LogP contribution in [0.3, 0.4) is 0 Å². The Morgan fingerprint density at radius 1 is 1.36 bits per heavy atom. The van der Waals surface area contributed by atoms with E-state index in [1.54, 1.807) is 0 Å². The van der Waals surface area contributed by atoms with Gasteiger partial charge in [0.1, 0.15) is 17.6 Å². The number of hydrogen-bond acceptors (Lipinski definition) is 7. The molecule has 3 heterocycles. The summed E-state index contributed by atoms with van der Waals surface area (Å²) in [5, 5.41) is 11.5. The molecule has 3 N–H and O–H groups in total. The summed E-state index contributed by atoms with van der Waals surface area (Å²) in [4.78, 5) is 20.5. The van der Waals surface area contributed by atoms with Crippen molar-refractivity contribution in [2.45, 2.75) is 18.1 Å². The summed E-state index contributed by atoms with van der Waals surface area (Å²) >= 11 is 0. The molecule has 2 aliphatic rings. The molecule has 1 atom stereocenters. The summed E-state index contributed by atoms with van der Waals surface area (Å²) in [5.74, 6) is -0.922. The molecule has 0 saturated carbocycles. The first-order valence-electron chi connectivity index (χ1n) is 8.55. The average Bonchev–Trinajstić information content (AvgIpc) is 2.67. The van der Waals surface area contributed by atoms with Crippen molar-refractivity contribution in [2.75, 3.05) is 18.5 Å². The topological polar surface area (TPSA) is 123 Å². The zero-order chi connectivity index (χ0) is 19.7. The SMILES string of the molecule is N#Cc1ccc(C(=O)Nc2ccc(F)c([C@@H]3CC4(COC4)OC(N)=N3)c2)nc1. The Labute approximate surface area is 159 Å². The van der Waals surface area contributed by atoms with Gasteiger partial charge in [0.25, 0.3) is 11.9 Å². The van der Waals surface area contributed by atoms with E-state index in [2.05, 4.69) is 15.3 Å². The third kappa shape index (κ3) is 3.37. The minimum Gasteiger partial charge on any atom is -0.454 e. The van der Waals surface area contributed by atoms with Crippen LogP contribution in [0.1, 0.15) is 34.1 Å². The number of halogens is 1. The number of anilines is 1. The minimum atomic E-state index is -0.575. The molecule has 1 fully saturated rings. The van der Waals surface area contributed by atoms with Gasteiger partial charge in [-0.2, -0.15) is 5.26 Å². The number of aliphatic imine (C=N–C) groups is 1. The van der Waals surface area contributed by atoms with Crippen LogP contribution < -0.4 is 11.1 Å². The Morgan fingerprint density at radius 3 is 2.82 bits per heavy atom. The van der Waals surface area contributed by atoms with E-state index < -0.39 is 23.4 Å². The number of nitrogens with two attached hydrogens (primary N) is 1. The van der Waals surface area contributed by atoms with E-state index in [1.165, 1.54) is 36.5 Å². The number of rotatable bonds is 3. The Hall–Kier alpha value is -3.51. The van der Waals surface area contributed by atoms with Crippen LogP contribution in [-0.2, 0) is 9.47 Å². The Morgan fingerprint density at radius 2 is 2.18 bits per heavy atom.